The van der Waals surface area contributed by atoms with Crippen molar-refractivity contribution in [3.8, 4) is 0 Å². The molecule has 1 amide bonds. The van der Waals surface area contributed by atoms with Crippen molar-refractivity contribution < 1.29 is 4.79 Å². The predicted molar refractivity (Wildman–Crippen MR) is 80.5 cm³/mol. The van der Waals surface area contributed by atoms with Crippen LogP contribution in [0.4, 0.5) is 5.82 Å². The maximum absolute atomic E-state index is 12.2. The Morgan fingerprint density at radius 2 is 1.90 bits per heavy atom. The number of aromatic nitrogens is 2. The van der Waals surface area contributed by atoms with E-state index in [1.165, 1.54) is 6.07 Å². The lowest BCUT2D eigenvalue weighted by Crippen LogP contribution is -2.14. The SMILES string of the molecule is CC(C)c1cc(C(=O)Nc2cccc(Cl)n2)cc(Cl)n1. The molecule has 2 aromatic rings. The second-order valence-corrected chi connectivity index (χ2v) is 5.33. The molecule has 2 heterocycles. The van der Waals surface area contributed by atoms with Gasteiger partial charge in [-0.1, -0.05) is 43.1 Å². The molecule has 0 fully saturated rings. The Balaban J connectivity index is 2.25. The summed E-state index contributed by atoms with van der Waals surface area (Å²) in [5.74, 6) is 0.275. The molecular formula is C14H13Cl2N3O. The second-order valence-electron chi connectivity index (χ2n) is 4.56. The van der Waals surface area contributed by atoms with Gasteiger partial charge in [-0.25, -0.2) is 9.97 Å². The van der Waals surface area contributed by atoms with Crippen LogP contribution in [0.15, 0.2) is 30.3 Å². The van der Waals surface area contributed by atoms with Crippen molar-refractivity contribution in [2.24, 2.45) is 0 Å². The van der Waals surface area contributed by atoms with Gasteiger partial charge in [0.1, 0.15) is 16.1 Å². The van der Waals surface area contributed by atoms with Gasteiger partial charge in [0, 0.05) is 11.3 Å². The van der Waals surface area contributed by atoms with E-state index in [0.717, 1.165) is 5.69 Å². The average Bonchev–Trinajstić information content (AvgIpc) is 2.37. The summed E-state index contributed by atoms with van der Waals surface area (Å²) in [6.45, 7) is 3.97. The highest BCUT2D eigenvalue weighted by molar-refractivity contribution is 6.30. The summed E-state index contributed by atoms with van der Waals surface area (Å²) in [6, 6.07) is 8.25. The zero-order valence-corrected chi connectivity index (χ0v) is 12.5. The van der Waals surface area contributed by atoms with Gasteiger partial charge in [0.05, 0.1) is 0 Å². The quantitative estimate of drug-likeness (QED) is 0.866. The van der Waals surface area contributed by atoms with Crippen molar-refractivity contribution in [1.82, 2.24) is 9.97 Å². The summed E-state index contributed by atoms with van der Waals surface area (Å²) in [7, 11) is 0. The molecule has 0 unspecified atom stereocenters. The fraction of sp³-hybridized carbons (Fsp3) is 0.214. The summed E-state index contributed by atoms with van der Waals surface area (Å²) in [5, 5.41) is 3.28. The molecule has 0 aromatic carbocycles. The summed E-state index contributed by atoms with van der Waals surface area (Å²) in [5.41, 5.74) is 1.21. The maximum atomic E-state index is 12.2. The normalized spacial score (nSPS) is 10.7. The van der Waals surface area contributed by atoms with Crippen LogP contribution in [-0.4, -0.2) is 15.9 Å². The van der Waals surface area contributed by atoms with E-state index in [-0.39, 0.29) is 11.8 Å². The molecule has 0 saturated carbocycles. The Hall–Kier alpha value is -1.65. The molecule has 6 heteroatoms. The number of nitrogens with zero attached hydrogens (tertiary/aromatic N) is 2. The molecular weight excluding hydrogens is 297 g/mol. The first-order valence-electron chi connectivity index (χ1n) is 6.07. The van der Waals surface area contributed by atoms with E-state index >= 15 is 0 Å². The number of hydrogen-bond acceptors (Lipinski definition) is 3. The molecule has 4 nitrogen and oxygen atoms in total. The largest absolute Gasteiger partial charge is 0.307 e. The molecule has 20 heavy (non-hydrogen) atoms. The minimum atomic E-state index is -0.300. The number of pyridine rings is 2. The van der Waals surface area contributed by atoms with Gasteiger partial charge in [-0.2, -0.15) is 0 Å². The highest BCUT2D eigenvalue weighted by atomic mass is 35.5. The molecule has 0 saturated heterocycles. The summed E-state index contributed by atoms with van der Waals surface area (Å²) in [6.07, 6.45) is 0. The Kier molecular flexibility index (Phi) is 4.57. The van der Waals surface area contributed by atoms with Gasteiger partial charge in [-0.15, -0.1) is 0 Å². The lowest BCUT2D eigenvalue weighted by Gasteiger charge is -2.09. The third-order valence-electron chi connectivity index (χ3n) is 2.62. The van der Waals surface area contributed by atoms with Gasteiger partial charge in [-0.3, -0.25) is 4.79 Å². The first-order valence-corrected chi connectivity index (χ1v) is 6.82. The lowest BCUT2D eigenvalue weighted by molar-refractivity contribution is 0.102. The van der Waals surface area contributed by atoms with Crippen LogP contribution >= 0.6 is 23.2 Å². The number of rotatable bonds is 3. The first-order chi connectivity index (χ1) is 9.45. The Bertz CT molecular complexity index is 644. The highest BCUT2D eigenvalue weighted by Gasteiger charge is 2.12. The lowest BCUT2D eigenvalue weighted by atomic mass is 10.1. The van der Waals surface area contributed by atoms with E-state index < -0.39 is 0 Å². The van der Waals surface area contributed by atoms with E-state index in [2.05, 4.69) is 15.3 Å². The fourth-order valence-corrected chi connectivity index (χ4v) is 1.99. The molecule has 0 radical (unpaired) electrons. The Morgan fingerprint density at radius 1 is 1.15 bits per heavy atom. The van der Waals surface area contributed by atoms with Crippen molar-refractivity contribution in [1.29, 1.82) is 0 Å². The molecule has 2 aromatic heterocycles. The van der Waals surface area contributed by atoms with Gasteiger partial charge in [-0.05, 0) is 30.2 Å². The highest BCUT2D eigenvalue weighted by Crippen LogP contribution is 2.19. The minimum Gasteiger partial charge on any atom is -0.307 e. The van der Waals surface area contributed by atoms with Crippen molar-refractivity contribution in [2.45, 2.75) is 19.8 Å². The van der Waals surface area contributed by atoms with E-state index in [4.69, 9.17) is 23.2 Å². The van der Waals surface area contributed by atoms with E-state index in [9.17, 15) is 4.79 Å². The smallest absolute Gasteiger partial charge is 0.256 e. The molecule has 0 atom stereocenters. The van der Waals surface area contributed by atoms with Crippen LogP contribution in [0.5, 0.6) is 0 Å². The van der Waals surface area contributed by atoms with E-state index in [1.54, 1.807) is 24.3 Å². The fourth-order valence-electron chi connectivity index (χ4n) is 1.61. The molecule has 0 aliphatic carbocycles. The van der Waals surface area contributed by atoms with Gasteiger partial charge >= 0.3 is 0 Å². The van der Waals surface area contributed by atoms with Crippen LogP contribution in [0.2, 0.25) is 10.3 Å². The number of halogens is 2. The minimum absolute atomic E-state index is 0.185. The zero-order chi connectivity index (χ0) is 14.7. The van der Waals surface area contributed by atoms with Crippen molar-refractivity contribution in [2.75, 3.05) is 5.32 Å². The van der Waals surface area contributed by atoms with E-state index in [0.29, 0.717) is 21.7 Å². The average molecular weight is 310 g/mol. The van der Waals surface area contributed by atoms with Crippen LogP contribution in [0, 0.1) is 0 Å². The number of anilines is 1. The topological polar surface area (TPSA) is 54.9 Å². The summed E-state index contributed by atoms with van der Waals surface area (Å²) >= 11 is 11.7. The van der Waals surface area contributed by atoms with Crippen LogP contribution < -0.4 is 5.32 Å². The number of hydrogen-bond donors (Lipinski definition) is 1. The van der Waals surface area contributed by atoms with Crippen LogP contribution in [0.3, 0.4) is 0 Å². The third kappa shape index (κ3) is 3.68. The third-order valence-corrected chi connectivity index (χ3v) is 3.03. The monoisotopic (exact) mass is 309 g/mol. The van der Waals surface area contributed by atoms with E-state index in [1.807, 2.05) is 13.8 Å². The molecule has 104 valence electrons. The van der Waals surface area contributed by atoms with Crippen LogP contribution in [0.25, 0.3) is 0 Å². The standard InChI is InChI=1S/C14H13Cl2N3O/c1-8(2)10-6-9(7-12(16)17-10)14(20)19-13-5-3-4-11(15)18-13/h3-8H,1-2H3,(H,18,19,20). The Labute approximate surface area is 127 Å². The Morgan fingerprint density at radius 3 is 2.55 bits per heavy atom. The zero-order valence-electron chi connectivity index (χ0n) is 11.0. The van der Waals surface area contributed by atoms with Crippen LogP contribution in [0.1, 0.15) is 35.8 Å². The number of carbonyl (C=O) groups excluding carboxylic acids is 1. The van der Waals surface area contributed by atoms with Gasteiger partial charge < -0.3 is 5.32 Å². The second kappa shape index (κ2) is 6.20. The molecule has 2 rings (SSSR count). The van der Waals surface area contributed by atoms with Crippen LogP contribution in [-0.2, 0) is 0 Å². The van der Waals surface area contributed by atoms with Crippen molar-refractivity contribution in [3.63, 3.8) is 0 Å². The predicted octanol–water partition coefficient (Wildman–Crippen LogP) is 4.16. The maximum Gasteiger partial charge on any atom is 0.256 e. The molecule has 0 bridgehead atoms. The number of amides is 1. The van der Waals surface area contributed by atoms with Gasteiger partial charge in [0.2, 0.25) is 0 Å². The van der Waals surface area contributed by atoms with Crippen molar-refractivity contribution in [3.05, 3.63) is 51.9 Å². The summed E-state index contributed by atoms with van der Waals surface area (Å²) < 4.78 is 0. The molecule has 0 aliphatic heterocycles. The first kappa shape index (κ1) is 14.8. The number of nitrogens with one attached hydrogen (secondary N) is 1. The molecule has 1 N–H and O–H groups in total. The summed E-state index contributed by atoms with van der Waals surface area (Å²) in [4.78, 5) is 20.4. The molecule has 0 aliphatic rings. The van der Waals surface area contributed by atoms with Crippen molar-refractivity contribution >= 4 is 34.9 Å². The van der Waals surface area contributed by atoms with Gasteiger partial charge in [0.25, 0.3) is 5.91 Å². The number of carbonyl (C=O) groups is 1. The molecule has 0 spiro atoms. The van der Waals surface area contributed by atoms with Gasteiger partial charge in [0.15, 0.2) is 0 Å².